The smallest absolute Gasteiger partial charge is 0.244 e. The number of rotatable bonds is 5. The van der Waals surface area contributed by atoms with Crippen molar-refractivity contribution < 1.29 is 4.52 Å². The molecule has 1 aliphatic rings. The normalized spacial score (nSPS) is 17.2. The van der Waals surface area contributed by atoms with Crippen molar-refractivity contribution in [1.29, 1.82) is 0 Å². The maximum absolute atomic E-state index is 5.60. The lowest BCUT2D eigenvalue weighted by molar-refractivity contribution is 0.197. The Labute approximate surface area is 161 Å². The van der Waals surface area contributed by atoms with Crippen LogP contribution in [-0.4, -0.2) is 41.5 Å². The summed E-state index contributed by atoms with van der Waals surface area (Å²) in [6, 6.07) is 7.91. The number of aromatic nitrogens is 6. The first-order valence-corrected chi connectivity index (χ1v) is 9.29. The summed E-state index contributed by atoms with van der Waals surface area (Å²) in [4.78, 5) is 23.0. The molecule has 0 spiro atoms. The van der Waals surface area contributed by atoms with Crippen molar-refractivity contribution in [1.82, 2.24) is 35.0 Å². The molecule has 0 bridgehead atoms. The van der Waals surface area contributed by atoms with Crippen LogP contribution in [0.3, 0.4) is 0 Å². The second-order valence-corrected chi connectivity index (χ2v) is 6.79. The van der Waals surface area contributed by atoms with Gasteiger partial charge < -0.3 is 9.51 Å². The monoisotopic (exact) mass is 373 g/mol. The zero-order chi connectivity index (χ0) is 18.8. The number of imidazole rings is 1. The van der Waals surface area contributed by atoms with Gasteiger partial charge in [-0.15, -0.1) is 0 Å². The molecule has 0 saturated carbocycles. The zero-order valence-electron chi connectivity index (χ0n) is 15.2. The average Bonchev–Trinajstić information content (AvgIpc) is 3.51. The molecule has 0 radical (unpaired) electrons. The van der Waals surface area contributed by atoms with Crippen LogP contribution in [0.2, 0.25) is 0 Å². The summed E-state index contributed by atoms with van der Waals surface area (Å²) in [7, 11) is 0. The third kappa shape index (κ3) is 3.29. The largest absolute Gasteiger partial charge is 0.348 e. The second kappa shape index (κ2) is 7.32. The van der Waals surface area contributed by atoms with Gasteiger partial charge in [-0.1, -0.05) is 5.16 Å². The molecular formula is C20H19N7O. The van der Waals surface area contributed by atoms with E-state index in [1.165, 1.54) is 0 Å². The number of nitrogens with one attached hydrogen (secondary N) is 1. The fourth-order valence-electron chi connectivity index (χ4n) is 3.58. The Morgan fingerprint density at radius 1 is 1.07 bits per heavy atom. The van der Waals surface area contributed by atoms with Gasteiger partial charge >= 0.3 is 0 Å². The fourth-order valence-corrected chi connectivity index (χ4v) is 3.58. The first-order chi connectivity index (χ1) is 13.9. The van der Waals surface area contributed by atoms with E-state index in [1.807, 2.05) is 30.5 Å². The average molecular weight is 373 g/mol. The van der Waals surface area contributed by atoms with Gasteiger partial charge in [-0.2, -0.15) is 4.98 Å². The van der Waals surface area contributed by atoms with E-state index in [9.17, 15) is 0 Å². The summed E-state index contributed by atoms with van der Waals surface area (Å²) in [5, 5.41) is 4.18. The van der Waals surface area contributed by atoms with Gasteiger partial charge in [0.1, 0.15) is 5.82 Å². The summed E-state index contributed by atoms with van der Waals surface area (Å²) in [5.41, 5.74) is 2.74. The number of H-pyrrole nitrogens is 1. The van der Waals surface area contributed by atoms with E-state index >= 15 is 0 Å². The van der Waals surface area contributed by atoms with Crippen molar-refractivity contribution in [2.24, 2.45) is 0 Å². The van der Waals surface area contributed by atoms with Crippen LogP contribution in [0.5, 0.6) is 0 Å². The van der Waals surface area contributed by atoms with E-state index in [4.69, 9.17) is 4.52 Å². The van der Waals surface area contributed by atoms with Crippen molar-refractivity contribution in [2.45, 2.75) is 25.4 Å². The first kappa shape index (κ1) is 16.8. The van der Waals surface area contributed by atoms with E-state index in [0.717, 1.165) is 48.6 Å². The van der Waals surface area contributed by atoms with Gasteiger partial charge in [0.2, 0.25) is 11.7 Å². The highest BCUT2D eigenvalue weighted by atomic mass is 16.5. The lowest BCUT2D eigenvalue weighted by Crippen LogP contribution is -2.23. The van der Waals surface area contributed by atoms with E-state index in [1.54, 1.807) is 24.8 Å². The maximum atomic E-state index is 5.60. The molecule has 1 saturated heterocycles. The first-order valence-electron chi connectivity index (χ1n) is 9.29. The summed E-state index contributed by atoms with van der Waals surface area (Å²) >= 11 is 0. The van der Waals surface area contributed by atoms with Crippen LogP contribution in [0.15, 0.2) is 59.8 Å². The minimum atomic E-state index is 0.121. The third-order valence-corrected chi connectivity index (χ3v) is 5.00. The number of aromatic amines is 1. The lowest BCUT2D eigenvalue weighted by atomic mass is 10.1. The molecule has 5 rings (SSSR count). The van der Waals surface area contributed by atoms with Crippen LogP contribution in [-0.2, 0) is 6.54 Å². The van der Waals surface area contributed by atoms with Crippen LogP contribution in [0.4, 0.5) is 0 Å². The Hall–Kier alpha value is -3.39. The number of likely N-dealkylation sites (tertiary alicyclic amines) is 1. The third-order valence-electron chi connectivity index (χ3n) is 5.00. The Balaban J connectivity index is 1.34. The van der Waals surface area contributed by atoms with E-state index in [0.29, 0.717) is 11.7 Å². The number of hydrogen-bond acceptors (Lipinski definition) is 7. The van der Waals surface area contributed by atoms with Gasteiger partial charge in [-0.3, -0.25) is 14.9 Å². The van der Waals surface area contributed by atoms with E-state index < -0.39 is 0 Å². The molecule has 1 unspecified atom stereocenters. The van der Waals surface area contributed by atoms with Crippen LogP contribution in [0.25, 0.3) is 22.6 Å². The summed E-state index contributed by atoms with van der Waals surface area (Å²) in [5.74, 6) is 2.16. The molecule has 1 fully saturated rings. The Kier molecular flexibility index (Phi) is 4.38. The van der Waals surface area contributed by atoms with E-state index in [2.05, 4.69) is 35.0 Å². The molecule has 1 atom stereocenters. The Bertz CT molecular complexity index is 1030. The molecule has 0 aliphatic carbocycles. The maximum Gasteiger partial charge on any atom is 0.244 e. The van der Waals surface area contributed by atoms with Crippen molar-refractivity contribution in [2.75, 3.05) is 6.54 Å². The molecule has 4 aromatic heterocycles. The predicted molar refractivity (Wildman–Crippen MR) is 102 cm³/mol. The topological polar surface area (TPSA) is 96.6 Å². The predicted octanol–water partition coefficient (Wildman–Crippen LogP) is 3.25. The molecule has 28 heavy (non-hydrogen) atoms. The van der Waals surface area contributed by atoms with Crippen molar-refractivity contribution >= 4 is 0 Å². The lowest BCUT2D eigenvalue weighted by Gasteiger charge is -2.19. The van der Waals surface area contributed by atoms with Gasteiger partial charge in [0, 0.05) is 42.1 Å². The fraction of sp³-hybridized carbons (Fsp3) is 0.250. The van der Waals surface area contributed by atoms with Crippen molar-refractivity contribution in [3.05, 3.63) is 67.0 Å². The van der Waals surface area contributed by atoms with Crippen LogP contribution in [0.1, 0.15) is 30.6 Å². The summed E-state index contributed by atoms with van der Waals surface area (Å²) < 4.78 is 5.60. The molecule has 0 aromatic carbocycles. The minimum Gasteiger partial charge on any atom is -0.348 e. The second-order valence-electron chi connectivity index (χ2n) is 6.79. The number of nitrogens with zero attached hydrogens (tertiary/aromatic N) is 6. The highest BCUT2D eigenvalue weighted by Gasteiger charge is 2.31. The highest BCUT2D eigenvalue weighted by molar-refractivity contribution is 5.62. The number of hydrogen-bond donors (Lipinski definition) is 1. The van der Waals surface area contributed by atoms with Crippen LogP contribution >= 0.6 is 0 Å². The molecule has 8 heteroatoms. The Morgan fingerprint density at radius 2 is 2.00 bits per heavy atom. The van der Waals surface area contributed by atoms with Gasteiger partial charge in [0.05, 0.1) is 18.3 Å². The quantitative estimate of drug-likeness (QED) is 0.573. The summed E-state index contributed by atoms with van der Waals surface area (Å²) in [6.07, 6.45) is 11.0. The molecule has 1 aliphatic heterocycles. The molecular weight excluding hydrogens is 354 g/mol. The SMILES string of the molecule is c1cc(-c2ccc(-c3noc(C4CCCN4Cc4ncc[nH]4)n3)cn2)ccn1. The van der Waals surface area contributed by atoms with Crippen molar-refractivity contribution in [3.8, 4) is 22.6 Å². The van der Waals surface area contributed by atoms with Crippen LogP contribution < -0.4 is 0 Å². The zero-order valence-corrected chi connectivity index (χ0v) is 15.2. The van der Waals surface area contributed by atoms with Crippen molar-refractivity contribution in [3.63, 3.8) is 0 Å². The van der Waals surface area contributed by atoms with Gasteiger partial charge in [0.25, 0.3) is 0 Å². The minimum absolute atomic E-state index is 0.121. The molecule has 5 heterocycles. The Morgan fingerprint density at radius 3 is 2.79 bits per heavy atom. The molecule has 140 valence electrons. The van der Waals surface area contributed by atoms with E-state index in [-0.39, 0.29) is 6.04 Å². The van der Waals surface area contributed by atoms with Crippen LogP contribution in [0, 0.1) is 0 Å². The van der Waals surface area contributed by atoms with Gasteiger partial charge in [0.15, 0.2) is 0 Å². The molecule has 0 amide bonds. The molecule has 1 N–H and O–H groups in total. The highest BCUT2D eigenvalue weighted by Crippen LogP contribution is 2.32. The summed E-state index contributed by atoms with van der Waals surface area (Å²) in [6.45, 7) is 1.74. The molecule has 8 nitrogen and oxygen atoms in total. The van der Waals surface area contributed by atoms with Gasteiger partial charge in [-0.25, -0.2) is 4.98 Å². The van der Waals surface area contributed by atoms with Gasteiger partial charge in [-0.05, 0) is 43.7 Å². The number of pyridine rings is 2. The molecule has 4 aromatic rings. The standard InChI is InChI=1S/C20H19N7O/c1-2-17(27(11-1)13-18-22-9-10-23-18)20-25-19(26-28-20)15-3-4-16(24-12-15)14-5-7-21-8-6-14/h3-10,12,17H,1-2,11,13H2,(H,22,23).